The maximum Gasteiger partial charge on any atom is 0.333 e. The highest BCUT2D eigenvalue weighted by atomic mass is 16.5. The summed E-state index contributed by atoms with van der Waals surface area (Å²) in [6.45, 7) is 1.93. The van der Waals surface area contributed by atoms with E-state index in [-0.39, 0.29) is 12.6 Å². The zero-order valence-electron chi connectivity index (χ0n) is 8.62. The van der Waals surface area contributed by atoms with Crippen molar-refractivity contribution < 1.29 is 14.6 Å². The molecule has 0 aromatic heterocycles. The van der Waals surface area contributed by atoms with E-state index in [4.69, 9.17) is 5.11 Å². The van der Waals surface area contributed by atoms with Crippen molar-refractivity contribution in [2.75, 3.05) is 13.7 Å². The Morgan fingerprint density at radius 2 is 2.36 bits per heavy atom. The van der Waals surface area contributed by atoms with Crippen LogP contribution in [0.5, 0.6) is 0 Å². The van der Waals surface area contributed by atoms with Gasteiger partial charge in [-0.25, -0.2) is 4.79 Å². The molecule has 80 valence electrons. The van der Waals surface area contributed by atoms with Crippen LogP contribution < -0.4 is 5.32 Å². The third-order valence-corrected chi connectivity index (χ3v) is 2.31. The van der Waals surface area contributed by atoms with E-state index in [0.29, 0.717) is 12.1 Å². The highest BCUT2D eigenvalue weighted by Crippen LogP contribution is 2.28. The quantitative estimate of drug-likeness (QED) is 0.468. The van der Waals surface area contributed by atoms with Crippen LogP contribution in [-0.2, 0) is 9.53 Å². The molecule has 14 heavy (non-hydrogen) atoms. The maximum atomic E-state index is 11.0. The Labute approximate surface area is 83.9 Å². The van der Waals surface area contributed by atoms with Gasteiger partial charge >= 0.3 is 5.97 Å². The summed E-state index contributed by atoms with van der Waals surface area (Å²) in [4.78, 5) is 11.0. The number of rotatable bonds is 1. The number of carbonyl (C=O) groups excluding carboxylic acids is 1. The second-order valence-corrected chi connectivity index (χ2v) is 3.36. The Morgan fingerprint density at radius 3 is 2.86 bits per heavy atom. The first-order chi connectivity index (χ1) is 6.72. The van der Waals surface area contributed by atoms with Crippen molar-refractivity contribution in [1.82, 2.24) is 5.32 Å². The van der Waals surface area contributed by atoms with Gasteiger partial charge in [-0.05, 0) is 19.8 Å². The van der Waals surface area contributed by atoms with Gasteiger partial charge in [-0.1, -0.05) is 6.08 Å². The number of hydrogen-bond acceptors (Lipinski definition) is 4. The fourth-order valence-corrected chi connectivity index (χ4v) is 1.54. The number of aliphatic hydroxyl groups is 1. The van der Waals surface area contributed by atoms with E-state index in [0.717, 1.165) is 18.4 Å². The summed E-state index contributed by atoms with van der Waals surface area (Å²) in [6.07, 6.45) is 3.80. The molecule has 0 aromatic carbocycles. The fraction of sp³-hybridized carbons (Fsp3) is 0.700. The molecule has 2 rings (SSSR count). The van der Waals surface area contributed by atoms with Gasteiger partial charge in [-0.3, -0.25) is 0 Å². The average molecular weight is 199 g/mol. The predicted octanol–water partition coefficient (Wildman–Crippen LogP) is 0.219. The van der Waals surface area contributed by atoms with Gasteiger partial charge in [0.25, 0.3) is 0 Å². The molecule has 0 radical (unpaired) electrons. The van der Waals surface area contributed by atoms with Crippen LogP contribution in [0.1, 0.15) is 19.8 Å². The molecule has 0 bridgehead atoms. The summed E-state index contributed by atoms with van der Waals surface area (Å²) < 4.78 is 4.62. The normalized spacial score (nSPS) is 27.8. The number of aliphatic hydroxyl groups excluding tert-OH is 1. The van der Waals surface area contributed by atoms with Crippen LogP contribution in [0.3, 0.4) is 0 Å². The molecule has 2 aliphatic rings. The monoisotopic (exact) mass is 199 g/mol. The van der Waals surface area contributed by atoms with Crippen LogP contribution in [0.15, 0.2) is 11.6 Å². The molecule has 1 aliphatic carbocycles. The second kappa shape index (κ2) is 5.12. The van der Waals surface area contributed by atoms with Crippen molar-refractivity contribution in [2.24, 2.45) is 0 Å². The number of carbonyl (C=O) groups is 1. The van der Waals surface area contributed by atoms with Crippen LogP contribution in [0.4, 0.5) is 0 Å². The van der Waals surface area contributed by atoms with Crippen LogP contribution in [0.2, 0.25) is 0 Å². The van der Waals surface area contributed by atoms with Gasteiger partial charge < -0.3 is 15.2 Å². The molecular formula is C10H17NO3. The Bertz CT molecular complexity index is 238. The minimum Gasteiger partial charge on any atom is -0.466 e. The van der Waals surface area contributed by atoms with Crippen LogP contribution in [-0.4, -0.2) is 36.9 Å². The van der Waals surface area contributed by atoms with E-state index in [1.807, 2.05) is 6.08 Å². The van der Waals surface area contributed by atoms with E-state index in [9.17, 15) is 4.79 Å². The zero-order chi connectivity index (χ0) is 10.6. The fourth-order valence-electron chi connectivity index (χ4n) is 1.54. The molecule has 1 fully saturated rings. The minimum absolute atomic E-state index is 0.169. The predicted molar refractivity (Wildman–Crippen MR) is 52.8 cm³/mol. The SMILES string of the molecule is CCO.COC(=O)C1=CCC2NC2C1. The zero-order valence-corrected chi connectivity index (χ0v) is 8.62. The molecule has 2 N–H and O–H groups in total. The van der Waals surface area contributed by atoms with Crippen molar-refractivity contribution >= 4 is 5.97 Å². The number of fused-ring (bicyclic) bond motifs is 1. The molecule has 0 amide bonds. The van der Waals surface area contributed by atoms with Crippen LogP contribution in [0.25, 0.3) is 0 Å². The summed E-state index contributed by atoms with van der Waals surface area (Å²) in [5.74, 6) is -0.169. The third-order valence-electron chi connectivity index (χ3n) is 2.31. The minimum atomic E-state index is -0.169. The number of methoxy groups -OCH3 is 1. The summed E-state index contributed by atoms with van der Waals surface area (Å²) >= 11 is 0. The molecule has 2 atom stereocenters. The largest absolute Gasteiger partial charge is 0.466 e. The molecule has 1 aliphatic heterocycles. The second-order valence-electron chi connectivity index (χ2n) is 3.36. The number of ether oxygens (including phenoxy) is 1. The molecule has 4 heteroatoms. The molecular weight excluding hydrogens is 182 g/mol. The van der Waals surface area contributed by atoms with Gasteiger partial charge in [0.2, 0.25) is 0 Å². The summed E-state index contributed by atoms with van der Waals surface area (Å²) in [6, 6.07) is 1.19. The lowest BCUT2D eigenvalue weighted by Crippen LogP contribution is -2.11. The first-order valence-electron chi connectivity index (χ1n) is 4.87. The first kappa shape index (κ1) is 11.2. The van der Waals surface area contributed by atoms with E-state index in [1.54, 1.807) is 6.92 Å². The van der Waals surface area contributed by atoms with Crippen LogP contribution >= 0.6 is 0 Å². The van der Waals surface area contributed by atoms with E-state index < -0.39 is 0 Å². The molecule has 1 heterocycles. The van der Waals surface area contributed by atoms with Crippen LogP contribution in [0, 0.1) is 0 Å². The number of esters is 1. The van der Waals surface area contributed by atoms with E-state index in [1.165, 1.54) is 7.11 Å². The van der Waals surface area contributed by atoms with Gasteiger partial charge in [0.05, 0.1) is 7.11 Å². The first-order valence-corrected chi connectivity index (χ1v) is 4.87. The van der Waals surface area contributed by atoms with Gasteiger partial charge in [-0.15, -0.1) is 0 Å². The Balaban J connectivity index is 0.000000293. The summed E-state index contributed by atoms with van der Waals surface area (Å²) in [5, 5.41) is 10.8. The number of hydrogen-bond donors (Lipinski definition) is 2. The highest BCUT2D eigenvalue weighted by Gasteiger charge is 2.39. The molecule has 4 nitrogen and oxygen atoms in total. The lowest BCUT2D eigenvalue weighted by Gasteiger charge is -2.07. The molecule has 2 unspecified atom stereocenters. The molecule has 0 aromatic rings. The van der Waals surface area contributed by atoms with Crippen molar-refractivity contribution in [3.05, 3.63) is 11.6 Å². The van der Waals surface area contributed by atoms with Gasteiger partial charge in [-0.2, -0.15) is 0 Å². The number of nitrogens with one attached hydrogen (secondary N) is 1. The highest BCUT2D eigenvalue weighted by molar-refractivity contribution is 5.88. The Kier molecular flexibility index (Phi) is 4.10. The van der Waals surface area contributed by atoms with Crippen molar-refractivity contribution in [1.29, 1.82) is 0 Å². The maximum absolute atomic E-state index is 11.0. The molecule has 0 saturated carbocycles. The Hall–Kier alpha value is -0.870. The van der Waals surface area contributed by atoms with Crippen molar-refractivity contribution in [3.63, 3.8) is 0 Å². The van der Waals surface area contributed by atoms with Gasteiger partial charge in [0.1, 0.15) is 0 Å². The van der Waals surface area contributed by atoms with Gasteiger partial charge in [0.15, 0.2) is 0 Å². The topological polar surface area (TPSA) is 68.5 Å². The average Bonchev–Trinajstić information content (AvgIpc) is 2.95. The Morgan fingerprint density at radius 1 is 1.71 bits per heavy atom. The smallest absolute Gasteiger partial charge is 0.333 e. The lowest BCUT2D eigenvalue weighted by atomic mass is 10.00. The van der Waals surface area contributed by atoms with E-state index >= 15 is 0 Å². The van der Waals surface area contributed by atoms with E-state index in [2.05, 4.69) is 10.1 Å². The molecule has 1 saturated heterocycles. The third kappa shape index (κ3) is 2.82. The lowest BCUT2D eigenvalue weighted by molar-refractivity contribution is -0.136. The summed E-state index contributed by atoms with van der Waals surface area (Å²) in [5.41, 5.74) is 0.832. The summed E-state index contributed by atoms with van der Waals surface area (Å²) in [7, 11) is 1.43. The van der Waals surface area contributed by atoms with Crippen molar-refractivity contribution in [2.45, 2.75) is 31.8 Å². The molecule has 0 spiro atoms. The van der Waals surface area contributed by atoms with Crippen molar-refractivity contribution in [3.8, 4) is 0 Å². The van der Waals surface area contributed by atoms with Gasteiger partial charge in [0, 0.05) is 24.3 Å². The standard InChI is InChI=1S/C8H11NO2.C2H6O/c1-11-8(10)5-2-3-6-7(4-5)9-6;1-2-3/h2,6-7,9H,3-4H2,1H3;3H,2H2,1H3.